The number of benzene rings is 2. The lowest BCUT2D eigenvalue weighted by molar-refractivity contribution is -0.251. The number of nitrogens with one attached hydrogen (secondary N) is 1. The van der Waals surface area contributed by atoms with E-state index in [1.807, 2.05) is 22.9 Å². The highest BCUT2D eigenvalue weighted by Gasteiger charge is 2.45. The van der Waals surface area contributed by atoms with Crippen LogP contribution in [-0.4, -0.2) is 79.2 Å². The van der Waals surface area contributed by atoms with Crippen LogP contribution >= 0.6 is 0 Å². The fraction of sp³-hybridized carbons (Fsp3) is 0.480. The largest absolute Gasteiger partial charge is 0.394 e. The van der Waals surface area contributed by atoms with Crippen molar-refractivity contribution in [2.24, 2.45) is 0 Å². The molecule has 0 saturated carbocycles. The van der Waals surface area contributed by atoms with Crippen LogP contribution < -0.4 is 9.62 Å². The van der Waals surface area contributed by atoms with Crippen LogP contribution in [0.5, 0.6) is 0 Å². The second kappa shape index (κ2) is 12.1. The first-order valence-corrected chi connectivity index (χ1v) is 13.4. The van der Waals surface area contributed by atoms with Gasteiger partial charge in [-0.1, -0.05) is 32.0 Å². The zero-order chi connectivity index (χ0) is 26.5. The summed E-state index contributed by atoms with van der Waals surface area (Å²) in [5, 5.41) is 50.9. The normalized spacial score (nSPS) is 25.0. The number of allylic oxidation sites excluding steroid dienone is 1. The molecule has 5 N–H and O–H groups in total. The van der Waals surface area contributed by atoms with E-state index in [2.05, 4.69) is 24.8 Å². The lowest BCUT2D eigenvalue weighted by Gasteiger charge is -2.40. The molecule has 1 unspecified atom stereocenters. The Bertz CT molecular complexity index is 1220. The molecule has 0 aliphatic carbocycles. The Morgan fingerprint density at radius 2 is 1.72 bits per heavy atom. The molecule has 1 aliphatic heterocycles. The SMILES string of the molecule is CCCN(CCC)c1ccc2cc(/C=C(\C#N)S(=O)(=O)N[C@H]3C(O)O[C@H](CO)[C@@H](O)[C@@H]3O)ccc2c1. The number of hydrogen-bond donors (Lipinski definition) is 5. The molecule has 196 valence electrons. The van der Waals surface area contributed by atoms with Gasteiger partial charge < -0.3 is 30.1 Å². The van der Waals surface area contributed by atoms with Gasteiger partial charge in [0, 0.05) is 18.8 Å². The van der Waals surface area contributed by atoms with E-state index in [0.29, 0.717) is 5.56 Å². The molecule has 36 heavy (non-hydrogen) atoms. The van der Waals surface area contributed by atoms with Crippen molar-refractivity contribution in [1.29, 1.82) is 5.26 Å². The molecular formula is C25H33N3O7S. The average Bonchev–Trinajstić information content (AvgIpc) is 2.86. The van der Waals surface area contributed by atoms with Gasteiger partial charge >= 0.3 is 0 Å². The van der Waals surface area contributed by atoms with Crippen LogP contribution in [0.2, 0.25) is 0 Å². The second-order valence-electron chi connectivity index (χ2n) is 8.77. The molecule has 1 aliphatic rings. The third kappa shape index (κ3) is 6.22. The standard InChI is InChI=1S/C25H33N3O7S/c1-3-9-28(10-4-2)19-8-7-17-11-16(5-6-18(17)13-19)12-20(14-26)36(33,34)27-22-24(31)23(30)21(15-29)35-25(22)32/h5-8,11-13,21-25,27,29-32H,3-4,9-10,15H2,1-2H3/b20-12+/t21-,22-,23-,24-,25?/m1/s1. The van der Waals surface area contributed by atoms with E-state index >= 15 is 0 Å². The van der Waals surface area contributed by atoms with Crippen molar-refractivity contribution >= 4 is 32.6 Å². The topological polar surface area (TPSA) is 163 Å². The molecule has 10 nitrogen and oxygen atoms in total. The number of nitriles is 1. The first-order valence-electron chi connectivity index (χ1n) is 11.9. The smallest absolute Gasteiger partial charge is 0.251 e. The lowest BCUT2D eigenvalue weighted by atomic mass is 9.98. The number of rotatable bonds is 10. The van der Waals surface area contributed by atoms with Crippen molar-refractivity contribution in [3.05, 3.63) is 46.9 Å². The minimum atomic E-state index is -4.50. The van der Waals surface area contributed by atoms with Crippen LogP contribution in [0, 0.1) is 11.3 Å². The van der Waals surface area contributed by atoms with Gasteiger partial charge in [0.2, 0.25) is 0 Å². The Morgan fingerprint density at radius 1 is 1.08 bits per heavy atom. The first kappa shape index (κ1) is 28.0. The summed E-state index contributed by atoms with van der Waals surface area (Å²) >= 11 is 0. The van der Waals surface area contributed by atoms with E-state index in [0.717, 1.165) is 42.4 Å². The molecular weight excluding hydrogens is 486 g/mol. The molecule has 2 aromatic carbocycles. The third-order valence-corrected chi connectivity index (χ3v) is 7.46. The molecule has 0 radical (unpaired) electrons. The number of hydrogen-bond acceptors (Lipinski definition) is 9. The van der Waals surface area contributed by atoms with Gasteiger partial charge in [-0.2, -0.15) is 9.98 Å². The Hall–Kier alpha value is -2.56. The number of fused-ring (bicyclic) bond motifs is 1. The Labute approximate surface area is 211 Å². The fourth-order valence-electron chi connectivity index (χ4n) is 4.24. The molecule has 0 spiro atoms. The Morgan fingerprint density at radius 3 is 2.33 bits per heavy atom. The fourth-order valence-corrected chi connectivity index (χ4v) is 5.39. The van der Waals surface area contributed by atoms with Crippen LogP contribution in [0.3, 0.4) is 0 Å². The minimum absolute atomic E-state index is 0.470. The van der Waals surface area contributed by atoms with Crippen molar-refractivity contribution < 1.29 is 33.6 Å². The summed E-state index contributed by atoms with van der Waals surface area (Å²) in [7, 11) is -4.50. The molecule has 1 heterocycles. The summed E-state index contributed by atoms with van der Waals surface area (Å²) in [5.41, 5.74) is 1.58. The molecule has 2 aromatic rings. The van der Waals surface area contributed by atoms with Crippen LogP contribution in [0.4, 0.5) is 5.69 Å². The van der Waals surface area contributed by atoms with Gasteiger partial charge in [-0.15, -0.1) is 0 Å². The summed E-state index contributed by atoms with van der Waals surface area (Å²) < 4.78 is 32.8. The summed E-state index contributed by atoms with van der Waals surface area (Å²) in [6.45, 7) is 5.48. The maximum absolute atomic E-state index is 12.9. The molecule has 11 heteroatoms. The molecule has 0 bridgehead atoms. The number of sulfonamides is 1. The van der Waals surface area contributed by atoms with E-state index in [9.17, 15) is 34.1 Å². The molecule has 5 atom stereocenters. The predicted molar refractivity (Wildman–Crippen MR) is 136 cm³/mol. The van der Waals surface area contributed by atoms with Crippen LogP contribution in [0.15, 0.2) is 41.3 Å². The molecule has 0 amide bonds. The Kier molecular flexibility index (Phi) is 9.43. The maximum atomic E-state index is 12.9. The van der Waals surface area contributed by atoms with Gasteiger partial charge in [0.15, 0.2) is 11.2 Å². The summed E-state index contributed by atoms with van der Waals surface area (Å²) in [4.78, 5) is 1.67. The van der Waals surface area contributed by atoms with Gasteiger partial charge in [-0.25, -0.2) is 8.42 Å². The predicted octanol–water partition coefficient (Wildman–Crippen LogP) is 1.05. The van der Waals surface area contributed by atoms with Crippen LogP contribution in [0.25, 0.3) is 16.8 Å². The highest BCUT2D eigenvalue weighted by molar-refractivity contribution is 7.93. The van der Waals surface area contributed by atoms with Crippen molar-refractivity contribution in [3.63, 3.8) is 0 Å². The molecule has 3 rings (SSSR count). The van der Waals surface area contributed by atoms with Gasteiger partial charge in [-0.3, -0.25) is 0 Å². The molecule has 0 aromatic heterocycles. The summed E-state index contributed by atoms with van der Waals surface area (Å²) in [6.07, 6.45) is -3.29. The Balaban J connectivity index is 1.86. The number of aliphatic hydroxyl groups is 4. The lowest BCUT2D eigenvalue weighted by Crippen LogP contribution is -2.64. The summed E-state index contributed by atoms with van der Waals surface area (Å²) in [6, 6.07) is 11.3. The second-order valence-corrected chi connectivity index (χ2v) is 10.5. The van der Waals surface area contributed by atoms with Gasteiger partial charge in [-0.05, 0) is 53.5 Å². The zero-order valence-electron chi connectivity index (χ0n) is 20.3. The van der Waals surface area contributed by atoms with Crippen molar-refractivity contribution in [3.8, 4) is 6.07 Å². The zero-order valence-corrected chi connectivity index (χ0v) is 21.1. The van der Waals surface area contributed by atoms with Crippen LogP contribution in [0.1, 0.15) is 32.3 Å². The highest BCUT2D eigenvalue weighted by Crippen LogP contribution is 2.26. The van der Waals surface area contributed by atoms with E-state index in [4.69, 9.17) is 4.74 Å². The molecule has 1 saturated heterocycles. The monoisotopic (exact) mass is 519 g/mol. The maximum Gasteiger partial charge on any atom is 0.251 e. The van der Waals surface area contributed by atoms with Gasteiger partial charge in [0.25, 0.3) is 10.0 Å². The van der Waals surface area contributed by atoms with E-state index < -0.39 is 52.2 Å². The van der Waals surface area contributed by atoms with Crippen molar-refractivity contribution in [2.75, 3.05) is 24.6 Å². The average molecular weight is 520 g/mol. The van der Waals surface area contributed by atoms with E-state index in [-0.39, 0.29) is 0 Å². The highest BCUT2D eigenvalue weighted by atomic mass is 32.2. The van der Waals surface area contributed by atoms with E-state index in [1.54, 1.807) is 18.2 Å². The van der Waals surface area contributed by atoms with Gasteiger partial charge in [0.05, 0.1) is 6.61 Å². The molecule has 1 fully saturated rings. The first-order chi connectivity index (χ1) is 17.1. The number of aliphatic hydroxyl groups excluding tert-OH is 4. The number of ether oxygens (including phenoxy) is 1. The quantitative estimate of drug-likeness (QED) is 0.289. The van der Waals surface area contributed by atoms with E-state index in [1.165, 1.54) is 6.08 Å². The minimum Gasteiger partial charge on any atom is -0.394 e. The summed E-state index contributed by atoms with van der Waals surface area (Å²) in [5.74, 6) is 0. The third-order valence-electron chi connectivity index (χ3n) is 6.09. The van der Waals surface area contributed by atoms with Crippen molar-refractivity contribution in [1.82, 2.24) is 4.72 Å². The van der Waals surface area contributed by atoms with Crippen LogP contribution in [-0.2, 0) is 14.8 Å². The van der Waals surface area contributed by atoms with Gasteiger partial charge in [0.1, 0.15) is 30.4 Å². The number of anilines is 1. The van der Waals surface area contributed by atoms with Crippen molar-refractivity contribution in [2.45, 2.75) is 57.3 Å². The number of nitrogens with zero attached hydrogens (tertiary/aromatic N) is 2.